The van der Waals surface area contributed by atoms with Crippen LogP contribution in [-0.4, -0.2) is 68.6 Å². The molecule has 1 aliphatic heterocycles. The van der Waals surface area contributed by atoms with Gasteiger partial charge < -0.3 is 24.1 Å². The van der Waals surface area contributed by atoms with Crippen LogP contribution < -0.4 is 4.74 Å². The van der Waals surface area contributed by atoms with Gasteiger partial charge in [-0.05, 0) is 41.5 Å². The molecule has 11 nitrogen and oxygen atoms in total. The Hall–Kier alpha value is -2.79. The maximum absolute atomic E-state index is 12.5. The first kappa shape index (κ1) is 23.9. The number of nitrogens with zero attached hydrogens (tertiary/aromatic N) is 4. The third kappa shape index (κ3) is 4.68. The van der Waals surface area contributed by atoms with Gasteiger partial charge in [-0.1, -0.05) is 0 Å². The Morgan fingerprint density at radius 3 is 2.34 bits per heavy atom. The normalized spacial score (nSPS) is 23.9. The molecule has 3 rings (SSSR count). The highest BCUT2D eigenvalue weighted by Crippen LogP contribution is 2.35. The number of hydrogen-bond acceptors (Lipinski definition) is 10. The Balaban J connectivity index is 1.90. The van der Waals surface area contributed by atoms with Crippen LogP contribution in [0.3, 0.4) is 0 Å². The van der Waals surface area contributed by atoms with E-state index in [0.717, 1.165) is 0 Å². The highest BCUT2D eigenvalue weighted by molar-refractivity contribution is 5.77. The van der Waals surface area contributed by atoms with Crippen LogP contribution >= 0.6 is 0 Å². The van der Waals surface area contributed by atoms with Gasteiger partial charge in [0.15, 0.2) is 23.5 Å². The third-order valence-corrected chi connectivity index (χ3v) is 4.95. The molecule has 0 aliphatic carbocycles. The predicted molar refractivity (Wildman–Crippen MR) is 112 cm³/mol. The van der Waals surface area contributed by atoms with Crippen molar-refractivity contribution in [3.05, 3.63) is 12.7 Å². The number of aliphatic hydroxyl groups is 1. The standard InChI is InChI=1S/C21H30N4O7/c1-20(2,3)18(27)30-8-11-14(32-19(28)21(4,5)6)13(26)17(31-11)25-10-24-12-15(25)22-9-23-16(12)29-7/h9-11,13-14,17,26H,8H2,1-7H3/t11-,13+,14-,17-/m1/s1. The van der Waals surface area contributed by atoms with E-state index >= 15 is 0 Å². The van der Waals surface area contributed by atoms with Gasteiger partial charge in [0.25, 0.3) is 0 Å². The van der Waals surface area contributed by atoms with E-state index in [1.807, 2.05) is 0 Å². The van der Waals surface area contributed by atoms with Gasteiger partial charge in [-0.25, -0.2) is 9.97 Å². The molecule has 1 saturated heterocycles. The first-order valence-corrected chi connectivity index (χ1v) is 10.3. The zero-order valence-corrected chi connectivity index (χ0v) is 19.4. The molecular weight excluding hydrogens is 420 g/mol. The Morgan fingerprint density at radius 2 is 1.75 bits per heavy atom. The lowest BCUT2D eigenvalue weighted by Crippen LogP contribution is -2.41. The molecule has 0 aromatic carbocycles. The van der Waals surface area contributed by atoms with E-state index in [4.69, 9.17) is 18.9 Å². The maximum Gasteiger partial charge on any atom is 0.311 e. The molecule has 0 radical (unpaired) electrons. The summed E-state index contributed by atoms with van der Waals surface area (Å²) in [6, 6.07) is 0. The van der Waals surface area contributed by atoms with Crippen molar-refractivity contribution in [3.63, 3.8) is 0 Å². The zero-order valence-electron chi connectivity index (χ0n) is 19.4. The maximum atomic E-state index is 12.5. The van der Waals surface area contributed by atoms with Crippen LogP contribution in [0.2, 0.25) is 0 Å². The van der Waals surface area contributed by atoms with Gasteiger partial charge in [0, 0.05) is 0 Å². The molecule has 4 atom stereocenters. The lowest BCUT2D eigenvalue weighted by atomic mass is 9.97. The van der Waals surface area contributed by atoms with E-state index in [-0.39, 0.29) is 12.5 Å². The number of carbonyl (C=O) groups excluding carboxylic acids is 2. The number of aliphatic hydroxyl groups excluding tert-OH is 1. The van der Waals surface area contributed by atoms with Crippen LogP contribution in [0.25, 0.3) is 11.2 Å². The molecule has 0 amide bonds. The van der Waals surface area contributed by atoms with Crippen LogP contribution in [0.1, 0.15) is 47.8 Å². The van der Waals surface area contributed by atoms with Gasteiger partial charge >= 0.3 is 11.9 Å². The van der Waals surface area contributed by atoms with Crippen LogP contribution in [0.4, 0.5) is 0 Å². The second-order valence-electron chi connectivity index (χ2n) is 9.73. The summed E-state index contributed by atoms with van der Waals surface area (Å²) in [4.78, 5) is 37.3. The highest BCUT2D eigenvalue weighted by atomic mass is 16.6. The molecule has 11 heteroatoms. The van der Waals surface area contributed by atoms with Crippen molar-refractivity contribution in [2.75, 3.05) is 13.7 Å². The molecule has 1 N–H and O–H groups in total. The van der Waals surface area contributed by atoms with Gasteiger partial charge in [0.1, 0.15) is 25.1 Å². The van der Waals surface area contributed by atoms with Crippen LogP contribution in [0.5, 0.6) is 5.88 Å². The van der Waals surface area contributed by atoms with Gasteiger partial charge in [-0.2, -0.15) is 4.98 Å². The minimum Gasteiger partial charge on any atom is -0.479 e. The van der Waals surface area contributed by atoms with E-state index in [9.17, 15) is 14.7 Å². The summed E-state index contributed by atoms with van der Waals surface area (Å²) in [6.45, 7) is 10.1. The quantitative estimate of drug-likeness (QED) is 0.670. The first-order chi connectivity index (χ1) is 14.8. The topological polar surface area (TPSA) is 135 Å². The number of methoxy groups -OCH3 is 1. The van der Waals surface area contributed by atoms with Crippen molar-refractivity contribution >= 4 is 23.1 Å². The average Bonchev–Trinajstić information content (AvgIpc) is 3.26. The molecular formula is C21H30N4O7. The van der Waals surface area contributed by atoms with Crippen molar-refractivity contribution in [2.24, 2.45) is 10.8 Å². The number of ether oxygens (including phenoxy) is 4. The van der Waals surface area contributed by atoms with Crippen molar-refractivity contribution < 1.29 is 33.6 Å². The smallest absolute Gasteiger partial charge is 0.311 e. The number of rotatable bonds is 5. The fraction of sp³-hybridized carbons (Fsp3) is 0.667. The predicted octanol–water partition coefficient (Wildman–Crippen LogP) is 1.64. The fourth-order valence-corrected chi connectivity index (χ4v) is 3.07. The average molecular weight is 450 g/mol. The van der Waals surface area contributed by atoms with E-state index in [0.29, 0.717) is 11.2 Å². The van der Waals surface area contributed by atoms with E-state index in [1.165, 1.54) is 24.3 Å². The molecule has 0 bridgehead atoms. The number of hydrogen-bond donors (Lipinski definition) is 1. The Bertz CT molecular complexity index is 992. The first-order valence-electron chi connectivity index (χ1n) is 10.3. The Morgan fingerprint density at radius 1 is 1.09 bits per heavy atom. The van der Waals surface area contributed by atoms with Gasteiger partial charge in [0.05, 0.1) is 24.3 Å². The van der Waals surface area contributed by atoms with E-state index in [1.54, 1.807) is 41.5 Å². The van der Waals surface area contributed by atoms with Crippen LogP contribution in [0.15, 0.2) is 12.7 Å². The molecule has 0 unspecified atom stereocenters. The van der Waals surface area contributed by atoms with Crippen molar-refractivity contribution in [1.82, 2.24) is 19.5 Å². The number of imidazole rings is 1. The molecule has 32 heavy (non-hydrogen) atoms. The summed E-state index contributed by atoms with van der Waals surface area (Å²) in [6.07, 6.45) is -1.48. The number of aromatic nitrogens is 4. The van der Waals surface area contributed by atoms with E-state index < -0.39 is 47.3 Å². The largest absolute Gasteiger partial charge is 0.479 e. The SMILES string of the molecule is COc1ncnc2c1ncn2[C@@H]1O[C@H](COC(=O)C(C)(C)C)[C@@H](OC(=O)C(C)(C)C)[C@@H]1O. The van der Waals surface area contributed by atoms with Crippen LogP contribution in [0, 0.1) is 10.8 Å². The lowest BCUT2D eigenvalue weighted by Gasteiger charge is -2.25. The van der Waals surface area contributed by atoms with Crippen molar-refractivity contribution in [2.45, 2.75) is 66.1 Å². The van der Waals surface area contributed by atoms with Gasteiger partial charge in [0.2, 0.25) is 5.88 Å². The fourth-order valence-electron chi connectivity index (χ4n) is 3.07. The summed E-state index contributed by atoms with van der Waals surface area (Å²) < 4.78 is 23.7. The summed E-state index contributed by atoms with van der Waals surface area (Å²) in [7, 11) is 1.46. The lowest BCUT2D eigenvalue weighted by molar-refractivity contribution is -0.169. The molecule has 0 saturated carbocycles. The monoisotopic (exact) mass is 450 g/mol. The molecule has 0 spiro atoms. The summed E-state index contributed by atoms with van der Waals surface area (Å²) in [5.41, 5.74) is -0.764. The third-order valence-electron chi connectivity index (χ3n) is 4.95. The van der Waals surface area contributed by atoms with Gasteiger partial charge in [-0.3, -0.25) is 14.2 Å². The molecule has 1 fully saturated rings. The van der Waals surface area contributed by atoms with Gasteiger partial charge in [-0.15, -0.1) is 0 Å². The number of carbonyl (C=O) groups is 2. The number of esters is 2. The molecule has 176 valence electrons. The number of fused-ring (bicyclic) bond motifs is 1. The second-order valence-corrected chi connectivity index (χ2v) is 9.73. The minimum absolute atomic E-state index is 0.198. The molecule has 2 aromatic heterocycles. The van der Waals surface area contributed by atoms with Crippen LogP contribution in [-0.2, 0) is 23.8 Å². The Kier molecular flexibility index (Phi) is 6.43. The minimum atomic E-state index is -1.27. The van der Waals surface area contributed by atoms with Crippen molar-refractivity contribution in [1.29, 1.82) is 0 Å². The Labute approximate surface area is 186 Å². The summed E-state index contributed by atoms with van der Waals surface area (Å²) in [5.74, 6) is -0.685. The zero-order chi connectivity index (χ0) is 23.8. The summed E-state index contributed by atoms with van der Waals surface area (Å²) in [5, 5.41) is 11.1. The molecule has 1 aliphatic rings. The summed E-state index contributed by atoms with van der Waals surface area (Å²) >= 11 is 0. The second kappa shape index (κ2) is 8.62. The molecule has 2 aromatic rings. The van der Waals surface area contributed by atoms with Crippen molar-refractivity contribution in [3.8, 4) is 5.88 Å². The van der Waals surface area contributed by atoms with E-state index in [2.05, 4.69) is 15.0 Å². The molecule has 3 heterocycles. The highest BCUT2D eigenvalue weighted by Gasteiger charge is 2.49.